The summed E-state index contributed by atoms with van der Waals surface area (Å²) in [5.41, 5.74) is 6.81. The fraction of sp³-hybridized carbons (Fsp3) is 0.385. The van der Waals surface area contributed by atoms with E-state index in [-0.39, 0.29) is 11.7 Å². The number of aryl methyl sites for hydroxylation is 1. The van der Waals surface area contributed by atoms with Crippen LogP contribution in [0.5, 0.6) is 0 Å². The molecule has 0 saturated carbocycles. The zero-order valence-electron chi connectivity index (χ0n) is 10.8. The molecule has 0 aliphatic carbocycles. The van der Waals surface area contributed by atoms with Gasteiger partial charge in [0.25, 0.3) is 5.91 Å². The van der Waals surface area contributed by atoms with Crippen LogP contribution in [0.2, 0.25) is 5.02 Å². The molecule has 0 heterocycles. The van der Waals surface area contributed by atoms with Gasteiger partial charge >= 0.3 is 0 Å². The van der Waals surface area contributed by atoms with Crippen molar-refractivity contribution in [2.24, 2.45) is 10.9 Å². The molecule has 0 atom stereocenters. The molecule has 0 bridgehead atoms. The van der Waals surface area contributed by atoms with Crippen molar-refractivity contribution >= 4 is 23.3 Å². The fourth-order valence-corrected chi connectivity index (χ4v) is 1.69. The highest BCUT2D eigenvalue weighted by Crippen LogP contribution is 2.16. The number of oxime groups is 1. The molecule has 0 spiro atoms. The number of nitrogens with one attached hydrogen (secondary N) is 1. The molecule has 1 amide bonds. The second-order valence-corrected chi connectivity index (χ2v) is 4.68. The lowest BCUT2D eigenvalue weighted by molar-refractivity contribution is 0.0953. The molecule has 0 fully saturated rings. The Morgan fingerprint density at radius 1 is 1.47 bits per heavy atom. The maximum atomic E-state index is 11.8. The number of rotatable bonds is 6. The number of hydrogen-bond donors (Lipinski definition) is 3. The maximum Gasteiger partial charge on any atom is 0.251 e. The molecule has 6 heteroatoms. The molecule has 0 aromatic heterocycles. The van der Waals surface area contributed by atoms with Crippen molar-refractivity contribution in [3.8, 4) is 0 Å². The highest BCUT2D eigenvalue weighted by Gasteiger charge is 2.06. The van der Waals surface area contributed by atoms with Crippen LogP contribution in [0.3, 0.4) is 0 Å². The quantitative estimate of drug-likeness (QED) is 0.246. The van der Waals surface area contributed by atoms with Crippen LogP contribution in [0.25, 0.3) is 0 Å². The van der Waals surface area contributed by atoms with E-state index in [9.17, 15) is 4.79 Å². The molecular formula is C13H18ClN3O2. The predicted molar refractivity (Wildman–Crippen MR) is 75.8 cm³/mol. The van der Waals surface area contributed by atoms with Crippen molar-refractivity contribution in [3.05, 3.63) is 34.3 Å². The second kappa shape index (κ2) is 7.63. The van der Waals surface area contributed by atoms with Crippen LogP contribution in [0, 0.1) is 6.92 Å². The van der Waals surface area contributed by atoms with Crippen molar-refractivity contribution < 1.29 is 10.0 Å². The highest BCUT2D eigenvalue weighted by atomic mass is 35.5. The van der Waals surface area contributed by atoms with Gasteiger partial charge in [0, 0.05) is 23.6 Å². The average Bonchev–Trinajstić information content (AvgIpc) is 2.40. The van der Waals surface area contributed by atoms with E-state index in [1.807, 2.05) is 6.92 Å². The lowest BCUT2D eigenvalue weighted by atomic mass is 10.1. The molecule has 19 heavy (non-hydrogen) atoms. The largest absolute Gasteiger partial charge is 0.409 e. The average molecular weight is 284 g/mol. The summed E-state index contributed by atoms with van der Waals surface area (Å²) < 4.78 is 0. The molecule has 0 saturated heterocycles. The summed E-state index contributed by atoms with van der Waals surface area (Å²) >= 11 is 5.90. The fourth-order valence-electron chi connectivity index (χ4n) is 1.57. The first-order valence-electron chi connectivity index (χ1n) is 6.05. The minimum atomic E-state index is -0.122. The Morgan fingerprint density at radius 3 is 2.84 bits per heavy atom. The van der Waals surface area contributed by atoms with E-state index < -0.39 is 0 Å². The first-order chi connectivity index (χ1) is 9.04. The summed E-state index contributed by atoms with van der Waals surface area (Å²) in [5, 5.41) is 14.7. The zero-order chi connectivity index (χ0) is 14.3. The Morgan fingerprint density at radius 2 is 2.21 bits per heavy atom. The Balaban J connectivity index is 2.33. The van der Waals surface area contributed by atoms with Gasteiger partial charge in [0.15, 0.2) is 0 Å². The molecule has 1 aromatic carbocycles. The van der Waals surface area contributed by atoms with Gasteiger partial charge in [-0.3, -0.25) is 4.79 Å². The standard InChI is InChI=1S/C13H18ClN3O2/c1-9-8-10(5-6-11(9)14)13(18)16-7-3-2-4-12(15)17-19/h5-6,8,19H,2-4,7H2,1H3,(H2,15,17)(H,16,18). The van der Waals surface area contributed by atoms with Crippen molar-refractivity contribution in [1.82, 2.24) is 5.32 Å². The second-order valence-electron chi connectivity index (χ2n) is 4.27. The van der Waals surface area contributed by atoms with E-state index in [0.717, 1.165) is 18.4 Å². The lowest BCUT2D eigenvalue weighted by Crippen LogP contribution is -2.24. The van der Waals surface area contributed by atoms with E-state index in [2.05, 4.69) is 10.5 Å². The third kappa shape index (κ3) is 5.18. The van der Waals surface area contributed by atoms with Gasteiger partial charge in [-0.05, 0) is 43.5 Å². The number of benzene rings is 1. The molecule has 104 valence electrons. The molecule has 4 N–H and O–H groups in total. The van der Waals surface area contributed by atoms with E-state index >= 15 is 0 Å². The normalized spacial score (nSPS) is 11.4. The van der Waals surface area contributed by atoms with Gasteiger partial charge in [0.2, 0.25) is 0 Å². The summed E-state index contributed by atoms with van der Waals surface area (Å²) in [5.74, 6) is 0.0863. The number of nitrogens with zero attached hydrogens (tertiary/aromatic N) is 1. The summed E-state index contributed by atoms with van der Waals surface area (Å²) in [7, 11) is 0. The number of nitrogens with two attached hydrogens (primary N) is 1. The van der Waals surface area contributed by atoms with E-state index in [1.54, 1.807) is 18.2 Å². The van der Waals surface area contributed by atoms with Gasteiger partial charge in [-0.2, -0.15) is 0 Å². The smallest absolute Gasteiger partial charge is 0.251 e. The molecule has 0 radical (unpaired) electrons. The van der Waals surface area contributed by atoms with Crippen molar-refractivity contribution in [2.75, 3.05) is 6.54 Å². The number of hydrogen-bond acceptors (Lipinski definition) is 3. The summed E-state index contributed by atoms with van der Waals surface area (Å²) in [6.07, 6.45) is 2.05. The van der Waals surface area contributed by atoms with Gasteiger partial charge in [0.05, 0.1) is 0 Å². The van der Waals surface area contributed by atoms with Crippen LogP contribution in [-0.4, -0.2) is 23.5 Å². The number of amides is 1. The van der Waals surface area contributed by atoms with Crippen LogP contribution < -0.4 is 11.1 Å². The zero-order valence-corrected chi connectivity index (χ0v) is 11.6. The molecule has 0 aliphatic rings. The van der Waals surface area contributed by atoms with Gasteiger partial charge in [-0.25, -0.2) is 0 Å². The summed E-state index contributed by atoms with van der Waals surface area (Å²) in [6.45, 7) is 2.41. The summed E-state index contributed by atoms with van der Waals surface area (Å²) in [4.78, 5) is 11.8. The van der Waals surface area contributed by atoms with Crippen molar-refractivity contribution in [2.45, 2.75) is 26.2 Å². The third-order valence-corrected chi connectivity index (χ3v) is 3.12. The molecule has 1 rings (SSSR count). The number of unbranched alkanes of at least 4 members (excludes halogenated alkanes) is 1. The highest BCUT2D eigenvalue weighted by molar-refractivity contribution is 6.31. The maximum absolute atomic E-state index is 11.8. The molecule has 0 aliphatic heterocycles. The summed E-state index contributed by atoms with van der Waals surface area (Å²) in [6, 6.07) is 5.17. The van der Waals surface area contributed by atoms with Crippen LogP contribution in [0.4, 0.5) is 0 Å². The lowest BCUT2D eigenvalue weighted by Gasteiger charge is -2.06. The Hall–Kier alpha value is -1.75. The Bertz CT molecular complexity index is 475. The van der Waals surface area contributed by atoms with Gasteiger partial charge in [0.1, 0.15) is 5.84 Å². The molecular weight excluding hydrogens is 266 g/mol. The first-order valence-corrected chi connectivity index (χ1v) is 6.43. The number of carbonyl (C=O) groups excluding carboxylic acids is 1. The topological polar surface area (TPSA) is 87.7 Å². The number of carbonyl (C=O) groups is 1. The van der Waals surface area contributed by atoms with Crippen LogP contribution in [0.1, 0.15) is 35.2 Å². The monoisotopic (exact) mass is 283 g/mol. The van der Waals surface area contributed by atoms with Crippen LogP contribution in [-0.2, 0) is 0 Å². The predicted octanol–water partition coefficient (Wildman–Crippen LogP) is 2.29. The third-order valence-electron chi connectivity index (χ3n) is 2.69. The van der Waals surface area contributed by atoms with Gasteiger partial charge in [-0.1, -0.05) is 16.8 Å². The van der Waals surface area contributed by atoms with E-state index in [1.165, 1.54) is 0 Å². The minimum Gasteiger partial charge on any atom is -0.409 e. The van der Waals surface area contributed by atoms with Crippen molar-refractivity contribution in [1.29, 1.82) is 0 Å². The Kier molecular flexibility index (Phi) is 6.15. The van der Waals surface area contributed by atoms with Gasteiger partial charge in [-0.15, -0.1) is 0 Å². The van der Waals surface area contributed by atoms with Crippen LogP contribution in [0.15, 0.2) is 23.4 Å². The SMILES string of the molecule is Cc1cc(C(=O)NCCCC/C(N)=N/O)ccc1Cl. The van der Waals surface area contributed by atoms with E-state index in [0.29, 0.717) is 23.6 Å². The van der Waals surface area contributed by atoms with Gasteiger partial charge < -0.3 is 16.3 Å². The van der Waals surface area contributed by atoms with E-state index in [4.69, 9.17) is 22.5 Å². The number of amidine groups is 1. The molecule has 5 nitrogen and oxygen atoms in total. The minimum absolute atomic E-state index is 0.122. The number of halogens is 1. The van der Waals surface area contributed by atoms with Crippen LogP contribution >= 0.6 is 11.6 Å². The van der Waals surface area contributed by atoms with Crippen molar-refractivity contribution in [3.63, 3.8) is 0 Å². The first kappa shape index (κ1) is 15.3. The molecule has 1 aromatic rings. The molecule has 0 unspecified atom stereocenters. The Labute approximate surface area is 117 Å².